The second kappa shape index (κ2) is 13.3. The maximum absolute atomic E-state index is 3.59. The molecule has 0 aliphatic heterocycles. The first kappa shape index (κ1) is 17.9. The van der Waals surface area contributed by atoms with Gasteiger partial charge in [-0.3, -0.25) is 0 Å². The van der Waals surface area contributed by atoms with Gasteiger partial charge < -0.3 is 15.5 Å². The molecule has 110 valence electrons. The summed E-state index contributed by atoms with van der Waals surface area (Å²) in [5.41, 5.74) is 0. The summed E-state index contributed by atoms with van der Waals surface area (Å²) >= 11 is 0. The fourth-order valence-electron chi connectivity index (χ4n) is 2.08. The van der Waals surface area contributed by atoms with Gasteiger partial charge in [-0.25, -0.2) is 0 Å². The van der Waals surface area contributed by atoms with Crippen LogP contribution in [0.5, 0.6) is 0 Å². The van der Waals surface area contributed by atoms with Crippen LogP contribution < -0.4 is 10.6 Å². The number of nitrogens with one attached hydrogen (secondary N) is 2. The minimum Gasteiger partial charge on any atom is -0.315 e. The van der Waals surface area contributed by atoms with Gasteiger partial charge in [-0.15, -0.1) is 0 Å². The maximum atomic E-state index is 3.59. The summed E-state index contributed by atoms with van der Waals surface area (Å²) in [5.74, 6) is 0. The topological polar surface area (TPSA) is 27.3 Å². The molecule has 0 saturated heterocycles. The Labute approximate surface area is 115 Å². The quantitative estimate of drug-likeness (QED) is 0.496. The first-order valence-electron chi connectivity index (χ1n) is 7.90. The van der Waals surface area contributed by atoms with Crippen molar-refractivity contribution in [3.8, 4) is 0 Å². The van der Waals surface area contributed by atoms with Gasteiger partial charge in [-0.2, -0.15) is 0 Å². The Hall–Kier alpha value is -0.120. The number of rotatable bonds is 13. The molecule has 0 heterocycles. The second-order valence-electron chi connectivity index (χ2n) is 5.13. The Kier molecular flexibility index (Phi) is 13.2. The van der Waals surface area contributed by atoms with E-state index in [4.69, 9.17) is 0 Å². The molecule has 3 nitrogen and oxygen atoms in total. The lowest BCUT2D eigenvalue weighted by molar-refractivity contribution is 0.302. The second-order valence-corrected chi connectivity index (χ2v) is 5.13. The zero-order valence-electron chi connectivity index (χ0n) is 13.1. The Bertz CT molecular complexity index is 158. The lowest BCUT2D eigenvalue weighted by atomic mass is 10.1. The van der Waals surface area contributed by atoms with Crippen molar-refractivity contribution in [3.63, 3.8) is 0 Å². The number of unbranched alkanes of at least 4 members (excludes halogenated alkanes) is 1. The lowest BCUT2D eigenvalue weighted by Crippen LogP contribution is -2.33. The Morgan fingerprint density at radius 1 is 0.944 bits per heavy atom. The zero-order valence-corrected chi connectivity index (χ0v) is 13.1. The van der Waals surface area contributed by atoms with Crippen LogP contribution in [0.2, 0.25) is 0 Å². The van der Waals surface area contributed by atoms with Gasteiger partial charge in [0.1, 0.15) is 0 Å². The SMILES string of the molecule is CCCCC(C)NCCCNCCN(CC)CC. The van der Waals surface area contributed by atoms with Crippen LogP contribution in [0, 0.1) is 0 Å². The van der Waals surface area contributed by atoms with Gasteiger partial charge in [0.05, 0.1) is 0 Å². The van der Waals surface area contributed by atoms with Crippen LogP contribution in [0.3, 0.4) is 0 Å². The van der Waals surface area contributed by atoms with Gasteiger partial charge in [0, 0.05) is 19.1 Å². The van der Waals surface area contributed by atoms with E-state index in [1.807, 2.05) is 0 Å². The van der Waals surface area contributed by atoms with Gasteiger partial charge in [0.2, 0.25) is 0 Å². The number of hydrogen-bond donors (Lipinski definition) is 2. The number of likely N-dealkylation sites (N-methyl/N-ethyl adjacent to an activating group) is 1. The monoisotopic (exact) mass is 257 g/mol. The summed E-state index contributed by atoms with van der Waals surface area (Å²) < 4.78 is 0. The average molecular weight is 257 g/mol. The first-order chi connectivity index (χ1) is 8.74. The fourth-order valence-corrected chi connectivity index (χ4v) is 2.08. The molecule has 0 aliphatic rings. The summed E-state index contributed by atoms with van der Waals surface area (Å²) in [7, 11) is 0. The molecule has 0 aromatic carbocycles. The highest BCUT2D eigenvalue weighted by Gasteiger charge is 2.00. The Morgan fingerprint density at radius 3 is 2.28 bits per heavy atom. The van der Waals surface area contributed by atoms with Crippen molar-refractivity contribution in [1.82, 2.24) is 15.5 Å². The minimum absolute atomic E-state index is 0.681. The van der Waals surface area contributed by atoms with Gasteiger partial charge in [0.15, 0.2) is 0 Å². The molecule has 0 saturated carbocycles. The van der Waals surface area contributed by atoms with E-state index in [1.54, 1.807) is 0 Å². The van der Waals surface area contributed by atoms with Crippen LogP contribution in [0.25, 0.3) is 0 Å². The van der Waals surface area contributed by atoms with Crippen molar-refractivity contribution >= 4 is 0 Å². The molecule has 1 unspecified atom stereocenters. The largest absolute Gasteiger partial charge is 0.315 e. The van der Waals surface area contributed by atoms with Crippen LogP contribution in [0.1, 0.15) is 53.4 Å². The summed E-state index contributed by atoms with van der Waals surface area (Å²) in [6.45, 7) is 15.9. The van der Waals surface area contributed by atoms with Gasteiger partial charge in [0.25, 0.3) is 0 Å². The van der Waals surface area contributed by atoms with Gasteiger partial charge >= 0.3 is 0 Å². The van der Waals surface area contributed by atoms with E-state index in [0.29, 0.717) is 6.04 Å². The summed E-state index contributed by atoms with van der Waals surface area (Å²) in [6, 6.07) is 0.681. The minimum atomic E-state index is 0.681. The van der Waals surface area contributed by atoms with Crippen LogP contribution in [0.4, 0.5) is 0 Å². The van der Waals surface area contributed by atoms with E-state index in [-0.39, 0.29) is 0 Å². The van der Waals surface area contributed by atoms with Crippen LogP contribution in [-0.4, -0.2) is 50.2 Å². The third-order valence-electron chi connectivity index (χ3n) is 3.51. The Balaban J connectivity index is 3.20. The smallest absolute Gasteiger partial charge is 0.0107 e. The van der Waals surface area contributed by atoms with Gasteiger partial charge in [-0.1, -0.05) is 33.6 Å². The molecule has 0 fully saturated rings. The van der Waals surface area contributed by atoms with Crippen molar-refractivity contribution in [2.45, 2.75) is 59.4 Å². The third kappa shape index (κ3) is 11.0. The molecule has 0 spiro atoms. The molecular weight excluding hydrogens is 222 g/mol. The molecule has 1 atom stereocenters. The number of nitrogens with zero attached hydrogens (tertiary/aromatic N) is 1. The standard InChI is InChI=1S/C15H35N3/c1-5-8-10-15(4)17-12-9-11-16-13-14-18(6-2)7-3/h15-17H,5-14H2,1-4H3. The molecule has 0 aliphatic carbocycles. The fraction of sp³-hybridized carbons (Fsp3) is 1.00. The third-order valence-corrected chi connectivity index (χ3v) is 3.51. The van der Waals surface area contributed by atoms with E-state index in [0.717, 1.165) is 32.7 Å². The average Bonchev–Trinajstić information content (AvgIpc) is 2.39. The molecule has 0 radical (unpaired) electrons. The van der Waals surface area contributed by atoms with Gasteiger partial charge in [-0.05, 0) is 45.9 Å². The van der Waals surface area contributed by atoms with E-state index in [9.17, 15) is 0 Å². The molecule has 0 rings (SSSR count). The molecule has 3 heteroatoms. The van der Waals surface area contributed by atoms with Crippen LogP contribution >= 0.6 is 0 Å². The maximum Gasteiger partial charge on any atom is 0.0107 e. The highest BCUT2D eigenvalue weighted by atomic mass is 15.1. The van der Waals surface area contributed by atoms with Crippen molar-refractivity contribution in [2.24, 2.45) is 0 Å². The van der Waals surface area contributed by atoms with Crippen molar-refractivity contribution in [3.05, 3.63) is 0 Å². The van der Waals surface area contributed by atoms with Crippen molar-refractivity contribution in [1.29, 1.82) is 0 Å². The molecule has 0 aromatic rings. The van der Waals surface area contributed by atoms with E-state index in [1.165, 1.54) is 32.2 Å². The zero-order chi connectivity index (χ0) is 13.6. The predicted molar refractivity (Wildman–Crippen MR) is 82.3 cm³/mol. The Morgan fingerprint density at radius 2 is 1.67 bits per heavy atom. The molecular formula is C15H35N3. The van der Waals surface area contributed by atoms with Crippen LogP contribution in [-0.2, 0) is 0 Å². The van der Waals surface area contributed by atoms with E-state index in [2.05, 4.69) is 43.2 Å². The molecule has 18 heavy (non-hydrogen) atoms. The van der Waals surface area contributed by atoms with Crippen molar-refractivity contribution in [2.75, 3.05) is 39.3 Å². The molecule has 0 amide bonds. The molecule has 0 bridgehead atoms. The normalized spacial score (nSPS) is 13.2. The van der Waals surface area contributed by atoms with E-state index < -0.39 is 0 Å². The predicted octanol–water partition coefficient (Wildman–Crippen LogP) is 2.48. The summed E-state index contributed by atoms with van der Waals surface area (Å²) in [6.07, 6.45) is 5.19. The summed E-state index contributed by atoms with van der Waals surface area (Å²) in [4.78, 5) is 2.46. The molecule has 0 aromatic heterocycles. The van der Waals surface area contributed by atoms with Crippen LogP contribution in [0.15, 0.2) is 0 Å². The molecule has 2 N–H and O–H groups in total. The number of hydrogen-bond acceptors (Lipinski definition) is 3. The highest BCUT2D eigenvalue weighted by molar-refractivity contribution is 4.61. The summed E-state index contributed by atoms with van der Waals surface area (Å²) in [5, 5.41) is 7.11. The highest BCUT2D eigenvalue weighted by Crippen LogP contribution is 1.98. The van der Waals surface area contributed by atoms with E-state index >= 15 is 0 Å². The van der Waals surface area contributed by atoms with Crippen molar-refractivity contribution < 1.29 is 0 Å². The first-order valence-corrected chi connectivity index (χ1v) is 7.90. The lowest BCUT2D eigenvalue weighted by Gasteiger charge is -2.18.